The predicted octanol–water partition coefficient (Wildman–Crippen LogP) is -0.237. The lowest BCUT2D eigenvalue weighted by Crippen LogP contribution is -2.27. The van der Waals surface area contributed by atoms with Crippen molar-refractivity contribution in [3.05, 3.63) is 29.3 Å². The number of rotatable bonds is 4. The molecule has 8 heteroatoms. The molecule has 1 aromatic carbocycles. The van der Waals surface area contributed by atoms with Crippen LogP contribution in [0.1, 0.15) is 20.7 Å². The van der Waals surface area contributed by atoms with Crippen molar-refractivity contribution in [2.75, 3.05) is 11.9 Å². The average molecular weight is 362 g/mol. The van der Waals surface area contributed by atoms with Gasteiger partial charge in [0.05, 0.1) is 46.2 Å². The molecule has 0 aliphatic carbocycles. The van der Waals surface area contributed by atoms with Gasteiger partial charge in [-0.2, -0.15) is 0 Å². The predicted molar refractivity (Wildman–Crippen MR) is 74.1 cm³/mol. The van der Waals surface area contributed by atoms with Gasteiger partial charge in [0.1, 0.15) is 0 Å². The second kappa shape index (κ2) is 6.31. The molecule has 0 saturated heterocycles. The Kier molecular flexibility index (Phi) is 5.04. The second-order valence-corrected chi connectivity index (χ2v) is 3.81. The van der Waals surface area contributed by atoms with Crippen molar-refractivity contribution < 1.29 is 14.4 Å². The van der Waals surface area contributed by atoms with Crippen LogP contribution in [0.2, 0.25) is 0 Å². The Morgan fingerprint density at radius 1 is 1.22 bits per heavy atom. The highest BCUT2D eigenvalue weighted by Gasteiger charge is 2.18. The van der Waals surface area contributed by atoms with E-state index in [1.807, 2.05) is 0 Å². The largest absolute Gasteiger partial charge is 0.366 e. The smallest absolute Gasteiger partial charge is 0.262 e. The number of carbonyl (C=O) groups excluding carboxylic acids is 3. The second-order valence-electron chi connectivity index (χ2n) is 3.27. The van der Waals surface area contributed by atoms with E-state index in [2.05, 4.69) is 8.85 Å². The van der Waals surface area contributed by atoms with E-state index in [-0.39, 0.29) is 23.4 Å². The van der Waals surface area contributed by atoms with Crippen molar-refractivity contribution in [1.82, 2.24) is 3.53 Å². The molecule has 0 aromatic heterocycles. The van der Waals surface area contributed by atoms with Crippen LogP contribution in [0.25, 0.3) is 0 Å². The highest BCUT2D eigenvalue weighted by Crippen LogP contribution is 2.21. The zero-order valence-corrected chi connectivity index (χ0v) is 11.4. The fourth-order valence-corrected chi connectivity index (χ4v) is 1.61. The van der Waals surface area contributed by atoms with E-state index in [4.69, 9.17) is 11.5 Å². The average Bonchev–Trinajstić information content (AvgIpc) is 2.37. The molecule has 18 heavy (non-hydrogen) atoms. The van der Waals surface area contributed by atoms with E-state index in [1.165, 1.54) is 18.2 Å². The van der Waals surface area contributed by atoms with Crippen LogP contribution in [0.15, 0.2) is 18.2 Å². The number of para-hydroxylation sites is 1. The lowest BCUT2D eigenvalue weighted by Gasteiger charge is -2.12. The monoisotopic (exact) mass is 362 g/mol. The van der Waals surface area contributed by atoms with Crippen molar-refractivity contribution in [2.24, 2.45) is 11.5 Å². The summed E-state index contributed by atoms with van der Waals surface area (Å²) in [5.74, 6) is -1.72. The summed E-state index contributed by atoms with van der Waals surface area (Å²) in [6.45, 7) is -0.265. The van der Waals surface area contributed by atoms with Gasteiger partial charge in [-0.15, -0.1) is 0 Å². The van der Waals surface area contributed by atoms with Gasteiger partial charge in [-0.05, 0) is 12.1 Å². The van der Waals surface area contributed by atoms with E-state index in [0.717, 1.165) is 0 Å². The number of anilines is 1. The van der Waals surface area contributed by atoms with Crippen molar-refractivity contribution in [3.8, 4) is 0 Å². The molecular weight excluding hydrogens is 351 g/mol. The Morgan fingerprint density at radius 3 is 2.33 bits per heavy atom. The maximum absolute atomic E-state index is 11.6. The Morgan fingerprint density at radius 2 is 1.83 bits per heavy atom. The minimum absolute atomic E-state index is 0.0503. The molecule has 1 aromatic rings. The lowest BCUT2D eigenvalue weighted by atomic mass is 10.1. The van der Waals surface area contributed by atoms with Crippen LogP contribution in [-0.4, -0.2) is 24.3 Å². The van der Waals surface area contributed by atoms with Gasteiger partial charge < -0.3 is 16.8 Å². The Bertz CT molecular complexity index is 504. The number of amides is 3. The van der Waals surface area contributed by atoms with Gasteiger partial charge in [-0.25, -0.2) is 0 Å². The van der Waals surface area contributed by atoms with Crippen LogP contribution in [0.4, 0.5) is 5.69 Å². The number of halogens is 1. The molecule has 0 unspecified atom stereocenters. The maximum Gasteiger partial charge on any atom is 0.262 e. The molecule has 3 amide bonds. The molecule has 0 spiro atoms. The van der Waals surface area contributed by atoms with Crippen LogP contribution in [0, 0.1) is 0 Å². The van der Waals surface area contributed by atoms with Gasteiger partial charge in [0.2, 0.25) is 5.91 Å². The van der Waals surface area contributed by atoms with Crippen LogP contribution in [0.5, 0.6) is 0 Å². The molecule has 0 heterocycles. The van der Waals surface area contributed by atoms with Crippen LogP contribution < -0.4 is 20.3 Å². The third-order valence-electron chi connectivity index (χ3n) is 2.11. The molecule has 7 nitrogen and oxygen atoms in total. The highest BCUT2D eigenvalue weighted by molar-refractivity contribution is 14.1. The molecular formula is C10H11IN4O3. The maximum atomic E-state index is 11.6. The number of hydrogen-bond acceptors (Lipinski definition) is 4. The molecule has 0 aliphatic heterocycles. The van der Waals surface area contributed by atoms with Crippen molar-refractivity contribution in [2.45, 2.75) is 0 Å². The first-order chi connectivity index (χ1) is 8.51. The summed E-state index contributed by atoms with van der Waals surface area (Å²) in [6, 6.07) is 4.38. The van der Waals surface area contributed by atoms with E-state index < -0.39 is 17.7 Å². The third kappa shape index (κ3) is 3.17. The van der Waals surface area contributed by atoms with E-state index in [1.54, 1.807) is 22.9 Å². The summed E-state index contributed by atoms with van der Waals surface area (Å²) in [6.07, 6.45) is 0. The molecule has 0 atom stereocenters. The highest BCUT2D eigenvalue weighted by atomic mass is 127. The summed E-state index contributed by atoms with van der Waals surface area (Å²) in [7, 11) is 0. The quantitative estimate of drug-likeness (QED) is 0.436. The lowest BCUT2D eigenvalue weighted by molar-refractivity contribution is -0.114. The first-order valence-electron chi connectivity index (χ1n) is 4.85. The summed E-state index contributed by atoms with van der Waals surface area (Å²) in [5.41, 5.74) is 10.6. The van der Waals surface area contributed by atoms with E-state index in [0.29, 0.717) is 0 Å². The SMILES string of the molecule is NCC(=O)Nc1c(C(N)=O)cccc1C(=O)NI. The van der Waals surface area contributed by atoms with E-state index >= 15 is 0 Å². The number of primary amides is 1. The summed E-state index contributed by atoms with van der Waals surface area (Å²) in [4.78, 5) is 34.2. The molecule has 0 fully saturated rings. The zero-order valence-electron chi connectivity index (χ0n) is 9.20. The third-order valence-corrected chi connectivity index (χ3v) is 2.60. The molecule has 0 saturated carbocycles. The normalized spacial score (nSPS) is 9.67. The van der Waals surface area contributed by atoms with Crippen molar-refractivity contribution in [1.29, 1.82) is 0 Å². The molecule has 6 N–H and O–H groups in total. The van der Waals surface area contributed by atoms with Gasteiger partial charge in [-0.3, -0.25) is 17.9 Å². The molecule has 0 radical (unpaired) electrons. The Hall–Kier alpha value is -1.68. The van der Waals surface area contributed by atoms with Gasteiger partial charge in [0.25, 0.3) is 11.8 Å². The fourth-order valence-electron chi connectivity index (χ4n) is 1.32. The Labute approximate surface area is 117 Å². The number of nitrogens with two attached hydrogens (primary N) is 2. The minimum Gasteiger partial charge on any atom is -0.366 e. The first kappa shape index (κ1) is 14.4. The molecule has 0 bridgehead atoms. The van der Waals surface area contributed by atoms with Gasteiger partial charge >= 0.3 is 0 Å². The number of benzene rings is 1. The standard InChI is InChI=1S/C10H11IN4O3/c11-15-10(18)6-3-1-2-5(9(13)17)8(6)14-7(16)4-12/h1-3H,4,12H2,(H2,13,17)(H,14,16)(H,15,18). The summed E-state index contributed by atoms with van der Waals surface area (Å²) in [5, 5.41) is 2.40. The zero-order chi connectivity index (χ0) is 13.7. The number of carbonyl (C=O) groups is 3. The van der Waals surface area contributed by atoms with Gasteiger partial charge in [-0.1, -0.05) is 6.07 Å². The van der Waals surface area contributed by atoms with E-state index in [9.17, 15) is 14.4 Å². The van der Waals surface area contributed by atoms with Crippen LogP contribution >= 0.6 is 22.9 Å². The van der Waals surface area contributed by atoms with Crippen molar-refractivity contribution >= 4 is 46.3 Å². The first-order valence-corrected chi connectivity index (χ1v) is 5.92. The minimum atomic E-state index is -0.745. The molecule has 1 rings (SSSR count). The molecule has 0 aliphatic rings. The molecule has 96 valence electrons. The number of hydrogen-bond donors (Lipinski definition) is 4. The van der Waals surface area contributed by atoms with Crippen LogP contribution in [0.3, 0.4) is 0 Å². The van der Waals surface area contributed by atoms with Crippen LogP contribution in [-0.2, 0) is 4.79 Å². The topological polar surface area (TPSA) is 127 Å². The van der Waals surface area contributed by atoms with Crippen molar-refractivity contribution in [3.63, 3.8) is 0 Å². The fraction of sp³-hybridized carbons (Fsp3) is 0.100. The van der Waals surface area contributed by atoms with Gasteiger partial charge in [0, 0.05) is 0 Å². The Balaban J connectivity index is 3.34. The van der Waals surface area contributed by atoms with Gasteiger partial charge in [0.15, 0.2) is 0 Å². The number of nitrogens with one attached hydrogen (secondary N) is 2. The summed E-state index contributed by atoms with van der Waals surface area (Å²) >= 11 is 1.65. The summed E-state index contributed by atoms with van der Waals surface area (Å²) < 4.78 is 2.38.